The maximum atomic E-state index is 4.77. The zero-order valence-electron chi connectivity index (χ0n) is 13.6. The number of aromatic nitrogens is 1. The van der Waals surface area contributed by atoms with Crippen LogP contribution in [0.4, 0.5) is 0 Å². The van der Waals surface area contributed by atoms with Crippen molar-refractivity contribution in [3.8, 4) is 21.0 Å². The Morgan fingerprint density at radius 1 is 0.818 bits per heavy atom. The smallest absolute Gasteiger partial charge is 0.124 e. The lowest BCUT2D eigenvalue weighted by molar-refractivity contribution is 0.590. The number of aryl methyl sites for hydroxylation is 1. The molecule has 0 saturated carbocycles. The predicted octanol–water partition coefficient (Wildman–Crippen LogP) is 6.08. The molecule has 0 radical (unpaired) electrons. The normalized spacial score (nSPS) is 11.6. The van der Waals surface area contributed by atoms with Gasteiger partial charge in [-0.15, -0.1) is 11.3 Å². The Labute approximate surface area is 136 Å². The highest BCUT2D eigenvalue weighted by Crippen LogP contribution is 2.35. The second-order valence-corrected chi connectivity index (χ2v) is 7.63. The van der Waals surface area contributed by atoms with Gasteiger partial charge < -0.3 is 0 Å². The fraction of sp³-hybridized carbons (Fsp3) is 0.250. The van der Waals surface area contributed by atoms with Crippen LogP contribution in [0.25, 0.3) is 21.0 Å². The van der Waals surface area contributed by atoms with Gasteiger partial charge in [-0.2, -0.15) is 0 Å². The number of hydrogen-bond acceptors (Lipinski definition) is 2. The zero-order chi connectivity index (χ0) is 15.7. The topological polar surface area (TPSA) is 12.9 Å². The highest BCUT2D eigenvalue weighted by Gasteiger charge is 2.15. The minimum atomic E-state index is 0.187. The maximum absolute atomic E-state index is 4.77. The molecule has 112 valence electrons. The fourth-order valence-electron chi connectivity index (χ4n) is 2.49. The van der Waals surface area contributed by atoms with E-state index in [1.165, 1.54) is 21.6 Å². The van der Waals surface area contributed by atoms with Crippen molar-refractivity contribution in [2.75, 3.05) is 0 Å². The molecule has 1 nitrogen and oxygen atoms in total. The summed E-state index contributed by atoms with van der Waals surface area (Å²) in [5.74, 6) is 0. The first kappa shape index (κ1) is 15.0. The minimum absolute atomic E-state index is 0.187. The van der Waals surface area contributed by atoms with Crippen LogP contribution in [0.15, 0.2) is 54.6 Å². The molecule has 0 saturated heterocycles. The van der Waals surface area contributed by atoms with Crippen LogP contribution in [0, 0.1) is 6.92 Å². The van der Waals surface area contributed by atoms with Crippen LogP contribution in [-0.2, 0) is 5.41 Å². The van der Waals surface area contributed by atoms with Crippen molar-refractivity contribution < 1.29 is 0 Å². The van der Waals surface area contributed by atoms with Gasteiger partial charge in [0.1, 0.15) is 5.01 Å². The molecule has 22 heavy (non-hydrogen) atoms. The Hall–Kier alpha value is -1.93. The zero-order valence-corrected chi connectivity index (χ0v) is 14.4. The van der Waals surface area contributed by atoms with Crippen molar-refractivity contribution in [3.05, 3.63) is 65.9 Å². The van der Waals surface area contributed by atoms with Crippen LogP contribution in [0.2, 0.25) is 0 Å². The van der Waals surface area contributed by atoms with E-state index in [9.17, 15) is 0 Å². The van der Waals surface area contributed by atoms with Crippen LogP contribution in [-0.4, -0.2) is 4.98 Å². The van der Waals surface area contributed by atoms with Gasteiger partial charge in [-0.25, -0.2) is 4.98 Å². The highest BCUT2D eigenvalue weighted by molar-refractivity contribution is 7.18. The Balaban J connectivity index is 1.97. The van der Waals surface area contributed by atoms with Gasteiger partial charge in [-0.3, -0.25) is 0 Å². The molecule has 2 aromatic carbocycles. The van der Waals surface area contributed by atoms with Gasteiger partial charge in [0.15, 0.2) is 0 Å². The number of benzene rings is 2. The third kappa shape index (κ3) is 2.97. The summed E-state index contributed by atoms with van der Waals surface area (Å²) in [7, 11) is 0. The van der Waals surface area contributed by atoms with E-state index in [0.717, 1.165) is 10.7 Å². The first-order valence-corrected chi connectivity index (χ1v) is 8.40. The Bertz CT molecular complexity index is 762. The van der Waals surface area contributed by atoms with Gasteiger partial charge in [-0.05, 0) is 23.5 Å². The van der Waals surface area contributed by atoms with Crippen LogP contribution in [0.5, 0.6) is 0 Å². The van der Waals surface area contributed by atoms with E-state index in [2.05, 4.69) is 76.2 Å². The first-order valence-electron chi connectivity index (χ1n) is 7.59. The lowest BCUT2D eigenvalue weighted by Gasteiger charge is -2.18. The Kier molecular flexibility index (Phi) is 3.88. The molecule has 0 aliphatic heterocycles. The van der Waals surface area contributed by atoms with E-state index in [1.807, 2.05) is 6.07 Å². The standard InChI is InChI=1S/C20H21NS/c1-14-18(15-8-6-5-7-9-15)22-19(21-14)16-10-12-17(13-11-16)20(2,3)4/h5-13H,1-4H3. The molecule has 0 N–H and O–H groups in total. The summed E-state index contributed by atoms with van der Waals surface area (Å²) in [5.41, 5.74) is 5.09. The Morgan fingerprint density at radius 2 is 1.45 bits per heavy atom. The van der Waals surface area contributed by atoms with Crippen molar-refractivity contribution in [2.45, 2.75) is 33.1 Å². The molecule has 0 spiro atoms. The van der Waals surface area contributed by atoms with Gasteiger partial charge in [0.2, 0.25) is 0 Å². The molecule has 0 aliphatic carbocycles. The van der Waals surface area contributed by atoms with Crippen molar-refractivity contribution in [1.29, 1.82) is 0 Å². The number of rotatable bonds is 2. The first-order chi connectivity index (χ1) is 10.4. The molecular weight excluding hydrogens is 286 g/mol. The molecule has 0 aliphatic rings. The van der Waals surface area contributed by atoms with Crippen molar-refractivity contribution >= 4 is 11.3 Å². The molecule has 1 aromatic heterocycles. The molecule has 0 amide bonds. The quantitative estimate of drug-likeness (QED) is 0.559. The summed E-state index contributed by atoms with van der Waals surface area (Å²) < 4.78 is 0. The lowest BCUT2D eigenvalue weighted by Crippen LogP contribution is -2.10. The van der Waals surface area contributed by atoms with Crippen molar-refractivity contribution in [1.82, 2.24) is 4.98 Å². The highest BCUT2D eigenvalue weighted by atomic mass is 32.1. The third-order valence-corrected chi connectivity index (χ3v) is 5.09. The number of nitrogens with zero attached hydrogens (tertiary/aromatic N) is 1. The second kappa shape index (κ2) is 5.69. The summed E-state index contributed by atoms with van der Waals surface area (Å²) >= 11 is 1.77. The molecule has 0 bridgehead atoms. The van der Waals surface area contributed by atoms with Gasteiger partial charge in [0, 0.05) is 5.56 Å². The van der Waals surface area contributed by atoms with Crippen LogP contribution >= 0.6 is 11.3 Å². The summed E-state index contributed by atoms with van der Waals surface area (Å²) in [6, 6.07) is 19.3. The average molecular weight is 307 g/mol. The SMILES string of the molecule is Cc1nc(-c2ccc(C(C)(C)C)cc2)sc1-c1ccccc1. The van der Waals surface area contributed by atoms with E-state index >= 15 is 0 Å². The largest absolute Gasteiger partial charge is 0.241 e. The van der Waals surface area contributed by atoms with E-state index in [-0.39, 0.29) is 5.41 Å². The minimum Gasteiger partial charge on any atom is -0.241 e. The summed E-state index contributed by atoms with van der Waals surface area (Å²) in [5, 5.41) is 1.09. The molecule has 0 atom stereocenters. The van der Waals surface area contributed by atoms with Gasteiger partial charge in [0.05, 0.1) is 10.6 Å². The summed E-state index contributed by atoms with van der Waals surface area (Å²) in [4.78, 5) is 6.03. The van der Waals surface area contributed by atoms with Gasteiger partial charge in [-0.1, -0.05) is 75.4 Å². The van der Waals surface area contributed by atoms with Gasteiger partial charge >= 0.3 is 0 Å². The lowest BCUT2D eigenvalue weighted by atomic mass is 9.87. The van der Waals surface area contributed by atoms with Crippen molar-refractivity contribution in [2.24, 2.45) is 0 Å². The third-order valence-electron chi connectivity index (χ3n) is 3.83. The Morgan fingerprint density at radius 3 is 2.05 bits per heavy atom. The molecular formula is C20H21NS. The van der Waals surface area contributed by atoms with Crippen LogP contribution < -0.4 is 0 Å². The molecule has 3 rings (SSSR count). The van der Waals surface area contributed by atoms with E-state index < -0.39 is 0 Å². The molecule has 3 aromatic rings. The summed E-state index contributed by atoms with van der Waals surface area (Å²) in [6.07, 6.45) is 0. The van der Waals surface area contributed by atoms with Gasteiger partial charge in [0.25, 0.3) is 0 Å². The monoisotopic (exact) mass is 307 g/mol. The maximum Gasteiger partial charge on any atom is 0.124 e. The molecule has 0 unspecified atom stereocenters. The number of hydrogen-bond donors (Lipinski definition) is 0. The van der Waals surface area contributed by atoms with Crippen molar-refractivity contribution in [3.63, 3.8) is 0 Å². The molecule has 2 heteroatoms. The predicted molar refractivity (Wildman–Crippen MR) is 96.4 cm³/mol. The molecule has 0 fully saturated rings. The van der Waals surface area contributed by atoms with Crippen LogP contribution in [0.1, 0.15) is 32.0 Å². The summed E-state index contributed by atoms with van der Waals surface area (Å²) in [6.45, 7) is 8.81. The molecule has 1 heterocycles. The van der Waals surface area contributed by atoms with Crippen LogP contribution in [0.3, 0.4) is 0 Å². The second-order valence-electron chi connectivity index (χ2n) is 6.63. The average Bonchev–Trinajstić information content (AvgIpc) is 2.89. The van der Waals surface area contributed by atoms with E-state index in [4.69, 9.17) is 4.98 Å². The number of thiazole rings is 1. The fourth-order valence-corrected chi connectivity index (χ4v) is 3.57. The van der Waals surface area contributed by atoms with E-state index in [0.29, 0.717) is 0 Å². The van der Waals surface area contributed by atoms with E-state index in [1.54, 1.807) is 11.3 Å².